The second-order valence-corrected chi connectivity index (χ2v) is 3.14. The average molecular weight is 170 g/mol. The first-order chi connectivity index (χ1) is 6.33. The van der Waals surface area contributed by atoms with Gasteiger partial charge in [0, 0.05) is 22.7 Å². The van der Waals surface area contributed by atoms with Crippen molar-refractivity contribution in [1.82, 2.24) is 4.98 Å². The molecule has 0 saturated heterocycles. The van der Waals surface area contributed by atoms with E-state index in [9.17, 15) is 0 Å². The smallest absolute Gasteiger partial charge is 0.0460 e. The maximum absolute atomic E-state index is 3.77. The molecule has 1 heterocycles. The molecule has 2 rings (SSSR count). The van der Waals surface area contributed by atoms with Crippen molar-refractivity contribution >= 4 is 16.5 Å². The van der Waals surface area contributed by atoms with E-state index in [1.807, 2.05) is 18.3 Å². The van der Waals surface area contributed by atoms with Crippen molar-refractivity contribution in [3.63, 3.8) is 0 Å². The van der Waals surface area contributed by atoms with E-state index in [0.717, 1.165) is 0 Å². The number of fused-ring (bicyclic) bond motifs is 1. The number of para-hydroxylation sites is 1. The lowest BCUT2D eigenvalue weighted by Gasteiger charge is -1.96. The first kappa shape index (κ1) is 8.11. The van der Waals surface area contributed by atoms with Crippen molar-refractivity contribution in [2.75, 3.05) is 0 Å². The van der Waals surface area contributed by atoms with Crippen molar-refractivity contribution in [2.45, 2.75) is 6.92 Å². The maximum atomic E-state index is 3.77. The van der Waals surface area contributed by atoms with Crippen LogP contribution < -0.4 is 0 Å². The lowest BCUT2D eigenvalue weighted by atomic mass is 10.1. The Hall–Kier alpha value is -1.50. The highest BCUT2D eigenvalue weighted by Gasteiger charge is 2.02. The topological polar surface area (TPSA) is 15.8 Å². The Bertz CT molecular complexity index is 449. The molecule has 1 aromatic heterocycles. The Morgan fingerprint density at radius 1 is 1.38 bits per heavy atom. The van der Waals surface area contributed by atoms with Crippen molar-refractivity contribution in [3.8, 4) is 0 Å². The monoisotopic (exact) mass is 170 g/mol. The van der Waals surface area contributed by atoms with E-state index in [4.69, 9.17) is 0 Å². The van der Waals surface area contributed by atoms with E-state index in [1.165, 1.54) is 22.0 Å². The van der Waals surface area contributed by atoms with E-state index in [-0.39, 0.29) is 0 Å². The van der Waals surface area contributed by atoms with Crippen LogP contribution >= 0.6 is 0 Å². The molecule has 2 aromatic rings. The van der Waals surface area contributed by atoms with Gasteiger partial charge in [0.15, 0.2) is 0 Å². The highest BCUT2D eigenvalue weighted by molar-refractivity contribution is 5.92. The molecule has 1 N–H and O–H groups in total. The highest BCUT2D eigenvalue weighted by atomic mass is 14.7. The average Bonchev–Trinajstić information content (AvgIpc) is 2.60. The molecule has 0 spiro atoms. The van der Waals surface area contributed by atoms with Crippen molar-refractivity contribution in [3.05, 3.63) is 49.0 Å². The number of benzene rings is 1. The minimum absolute atomic E-state index is 1.18. The summed E-state index contributed by atoms with van der Waals surface area (Å²) in [4.78, 5) is 3.23. The number of hydrogen-bond acceptors (Lipinski definition) is 0. The molecule has 65 valence electrons. The molecule has 0 aliphatic carbocycles. The van der Waals surface area contributed by atoms with Gasteiger partial charge in [-0.3, -0.25) is 0 Å². The van der Waals surface area contributed by atoms with Gasteiger partial charge in [-0.25, -0.2) is 0 Å². The van der Waals surface area contributed by atoms with Crippen LogP contribution in [0.15, 0.2) is 36.5 Å². The van der Waals surface area contributed by atoms with Gasteiger partial charge in [0.05, 0.1) is 0 Å². The molecule has 0 aliphatic heterocycles. The lowest BCUT2D eigenvalue weighted by molar-refractivity contribution is 1.46. The number of rotatable bonds is 1. The fourth-order valence-electron chi connectivity index (χ4n) is 1.51. The predicted octanol–water partition coefficient (Wildman–Crippen LogP) is 3.41. The molecule has 1 nitrogen and oxygen atoms in total. The Kier molecular flexibility index (Phi) is 1.93. The number of aromatic nitrogens is 1. The predicted molar refractivity (Wildman–Crippen MR) is 57.3 cm³/mol. The number of allylic oxidation sites excluding steroid dienone is 2. The summed E-state index contributed by atoms with van der Waals surface area (Å²) in [6.45, 7) is 5.84. The zero-order valence-electron chi connectivity index (χ0n) is 7.67. The van der Waals surface area contributed by atoms with Crippen molar-refractivity contribution in [2.24, 2.45) is 0 Å². The van der Waals surface area contributed by atoms with E-state index in [0.29, 0.717) is 0 Å². The van der Waals surface area contributed by atoms with Gasteiger partial charge in [0.25, 0.3) is 0 Å². The first-order valence-corrected chi connectivity index (χ1v) is 4.35. The Morgan fingerprint density at radius 3 is 2.92 bits per heavy atom. The van der Waals surface area contributed by atoms with Crippen LogP contribution in [0.1, 0.15) is 12.5 Å². The van der Waals surface area contributed by atoms with Gasteiger partial charge in [0.2, 0.25) is 0 Å². The van der Waals surface area contributed by atoms with Crippen LogP contribution in [0.25, 0.3) is 16.5 Å². The number of aromatic amines is 1. The summed E-state index contributed by atoms with van der Waals surface area (Å²) in [6.07, 6.45) is 3.91. The fraction of sp³-hybridized carbons (Fsp3) is 0.0833. The van der Waals surface area contributed by atoms with Gasteiger partial charge >= 0.3 is 0 Å². The molecular weight excluding hydrogens is 158 g/mol. The molecule has 0 saturated carbocycles. The summed E-state index contributed by atoms with van der Waals surface area (Å²) in [6, 6.07) is 8.28. The van der Waals surface area contributed by atoms with E-state index in [2.05, 4.69) is 37.0 Å². The summed E-state index contributed by atoms with van der Waals surface area (Å²) in [5.74, 6) is 0. The first-order valence-electron chi connectivity index (χ1n) is 4.35. The Morgan fingerprint density at radius 2 is 2.15 bits per heavy atom. The molecule has 0 atom stereocenters. The van der Waals surface area contributed by atoms with Crippen LogP contribution in [0.3, 0.4) is 0 Å². The van der Waals surface area contributed by atoms with Gasteiger partial charge in [-0.05, 0) is 25.5 Å². The van der Waals surface area contributed by atoms with E-state index >= 15 is 0 Å². The lowest BCUT2D eigenvalue weighted by Crippen LogP contribution is -1.74. The summed E-state index contributed by atoms with van der Waals surface area (Å²) < 4.78 is 0. The summed E-state index contributed by atoms with van der Waals surface area (Å²) >= 11 is 0. The van der Waals surface area contributed by atoms with Crippen LogP contribution in [0, 0.1) is 6.92 Å². The van der Waals surface area contributed by atoms with E-state index < -0.39 is 0 Å². The van der Waals surface area contributed by atoms with Gasteiger partial charge in [-0.2, -0.15) is 0 Å². The van der Waals surface area contributed by atoms with Gasteiger partial charge in [-0.1, -0.05) is 24.3 Å². The Labute approximate surface area is 78.1 Å². The van der Waals surface area contributed by atoms with Crippen LogP contribution in [0.2, 0.25) is 0 Å². The normalized spacial score (nSPS) is 12.3. The standard InChI is InChI=1S/C12H12N/c1-3-9(2)11-8-13-12-7-5-4-6-10(11)12/h3-8,13H,1H2,2H3. The molecule has 1 aromatic carbocycles. The van der Waals surface area contributed by atoms with E-state index in [1.54, 1.807) is 0 Å². The fourth-order valence-corrected chi connectivity index (χ4v) is 1.51. The molecule has 1 heteroatoms. The Balaban J connectivity index is 2.71. The molecule has 0 amide bonds. The quantitative estimate of drug-likeness (QED) is 0.675. The van der Waals surface area contributed by atoms with Crippen LogP contribution in [-0.4, -0.2) is 4.98 Å². The largest absolute Gasteiger partial charge is 0.361 e. The number of H-pyrrole nitrogens is 1. The summed E-state index contributed by atoms with van der Waals surface area (Å²) in [5.41, 5.74) is 3.63. The third-order valence-corrected chi connectivity index (χ3v) is 2.32. The van der Waals surface area contributed by atoms with Crippen molar-refractivity contribution < 1.29 is 0 Å². The minimum atomic E-state index is 1.18. The van der Waals surface area contributed by atoms with Gasteiger partial charge in [-0.15, -0.1) is 0 Å². The molecular formula is C12H12N. The third kappa shape index (κ3) is 1.26. The minimum Gasteiger partial charge on any atom is -0.361 e. The molecule has 0 bridgehead atoms. The molecule has 0 aliphatic rings. The SMILES string of the molecule is [CH2]C=C(C)c1c[nH]c2ccccc12. The molecule has 0 fully saturated rings. The zero-order valence-corrected chi connectivity index (χ0v) is 7.67. The second-order valence-electron chi connectivity index (χ2n) is 3.14. The molecule has 0 unspecified atom stereocenters. The summed E-state index contributed by atoms with van der Waals surface area (Å²) in [5, 5.41) is 1.26. The zero-order chi connectivity index (χ0) is 9.26. The van der Waals surface area contributed by atoms with Gasteiger partial charge in [0.1, 0.15) is 0 Å². The highest BCUT2D eigenvalue weighted by Crippen LogP contribution is 2.23. The maximum Gasteiger partial charge on any atom is 0.0460 e. The number of nitrogens with one attached hydrogen (secondary N) is 1. The number of hydrogen-bond donors (Lipinski definition) is 1. The molecule has 1 radical (unpaired) electrons. The van der Waals surface area contributed by atoms with Gasteiger partial charge < -0.3 is 4.98 Å². The second kappa shape index (κ2) is 3.09. The van der Waals surface area contributed by atoms with Crippen LogP contribution in [0.4, 0.5) is 0 Å². The van der Waals surface area contributed by atoms with Crippen LogP contribution in [-0.2, 0) is 0 Å². The third-order valence-electron chi connectivity index (χ3n) is 2.32. The van der Waals surface area contributed by atoms with Crippen LogP contribution in [0.5, 0.6) is 0 Å². The van der Waals surface area contributed by atoms with Crippen molar-refractivity contribution in [1.29, 1.82) is 0 Å². The molecule has 13 heavy (non-hydrogen) atoms. The summed E-state index contributed by atoms with van der Waals surface area (Å²) in [7, 11) is 0.